The van der Waals surface area contributed by atoms with E-state index in [1.54, 1.807) is 6.20 Å². The lowest BCUT2D eigenvalue weighted by Gasteiger charge is -2.35. The average molecular weight is 533 g/mol. The lowest BCUT2D eigenvalue weighted by atomic mass is 10.1. The Morgan fingerprint density at radius 2 is 1.74 bits per heavy atom. The monoisotopic (exact) mass is 532 g/mol. The van der Waals surface area contributed by atoms with Crippen LogP contribution in [0.3, 0.4) is 0 Å². The largest absolute Gasteiger partial charge is 0.336 e. The number of carbonyl (C=O) groups excluding carboxylic acids is 1. The Morgan fingerprint density at radius 1 is 0.971 bits per heavy atom. The molecule has 2 aromatic heterocycles. The maximum absolute atomic E-state index is 13.2. The number of carbonyl (C=O) groups is 1. The van der Waals surface area contributed by atoms with Gasteiger partial charge in [-0.1, -0.05) is 30.3 Å². The zero-order valence-corrected chi connectivity index (χ0v) is 21.6. The van der Waals surface area contributed by atoms with Crippen molar-refractivity contribution in [3.63, 3.8) is 0 Å². The zero-order valence-electron chi connectivity index (χ0n) is 20.1. The second-order valence-corrected chi connectivity index (χ2v) is 9.94. The van der Waals surface area contributed by atoms with E-state index < -0.39 is 0 Å². The molecule has 1 aliphatic rings. The van der Waals surface area contributed by atoms with Gasteiger partial charge in [-0.2, -0.15) is 10.2 Å². The molecule has 3 heterocycles. The molecule has 35 heavy (non-hydrogen) atoms. The molecule has 0 aliphatic carbocycles. The van der Waals surface area contributed by atoms with Gasteiger partial charge in [0.05, 0.1) is 28.6 Å². The molecule has 0 N–H and O–H groups in total. The molecule has 7 nitrogen and oxygen atoms in total. The van der Waals surface area contributed by atoms with E-state index in [1.807, 2.05) is 62.9 Å². The summed E-state index contributed by atoms with van der Waals surface area (Å²) in [5, 5.41) is 9.10. The van der Waals surface area contributed by atoms with Crippen molar-refractivity contribution < 1.29 is 4.79 Å². The Balaban J connectivity index is 1.21. The number of aromatic nitrogens is 4. The highest BCUT2D eigenvalue weighted by atomic mass is 79.9. The number of aryl methyl sites for hydroxylation is 1. The predicted molar refractivity (Wildman–Crippen MR) is 140 cm³/mol. The minimum absolute atomic E-state index is 0.0948. The van der Waals surface area contributed by atoms with Gasteiger partial charge < -0.3 is 4.90 Å². The number of rotatable bonds is 6. The summed E-state index contributed by atoms with van der Waals surface area (Å²) in [7, 11) is 0. The maximum Gasteiger partial charge on any atom is 0.253 e. The van der Waals surface area contributed by atoms with E-state index in [-0.39, 0.29) is 5.91 Å². The van der Waals surface area contributed by atoms with Crippen LogP contribution in [0.2, 0.25) is 0 Å². The molecular formula is C27H29BrN6O. The van der Waals surface area contributed by atoms with Crippen LogP contribution in [-0.4, -0.2) is 61.4 Å². The molecule has 1 amide bonds. The van der Waals surface area contributed by atoms with E-state index in [2.05, 4.69) is 51.9 Å². The van der Waals surface area contributed by atoms with Gasteiger partial charge in [0.15, 0.2) is 0 Å². The minimum Gasteiger partial charge on any atom is -0.336 e. The predicted octanol–water partition coefficient (Wildman–Crippen LogP) is 4.45. The summed E-state index contributed by atoms with van der Waals surface area (Å²) in [6, 6.07) is 18.1. The van der Waals surface area contributed by atoms with Gasteiger partial charge >= 0.3 is 0 Å². The van der Waals surface area contributed by atoms with Crippen molar-refractivity contribution in [3.05, 3.63) is 99.5 Å². The molecule has 5 rings (SSSR count). The fraction of sp³-hybridized carbons (Fsp3) is 0.296. The van der Waals surface area contributed by atoms with Gasteiger partial charge in [0, 0.05) is 55.7 Å². The van der Waals surface area contributed by atoms with E-state index in [1.165, 1.54) is 11.3 Å². The van der Waals surface area contributed by atoms with Crippen LogP contribution in [0.25, 0.3) is 5.69 Å². The Labute approximate surface area is 214 Å². The fourth-order valence-corrected chi connectivity index (χ4v) is 4.98. The van der Waals surface area contributed by atoms with Crippen molar-refractivity contribution in [2.24, 2.45) is 0 Å². The smallest absolute Gasteiger partial charge is 0.253 e. The SMILES string of the molecule is Cc1nn(-c2ccccc2)c(C)c1CN1CCN(C(=O)c2cccc(Cn3cc(Br)cn3)c2)CC1. The molecule has 2 aromatic carbocycles. The van der Waals surface area contributed by atoms with Crippen LogP contribution < -0.4 is 0 Å². The van der Waals surface area contributed by atoms with Crippen molar-refractivity contribution in [1.29, 1.82) is 0 Å². The van der Waals surface area contributed by atoms with Crippen LogP contribution in [0.15, 0.2) is 71.5 Å². The van der Waals surface area contributed by atoms with E-state index in [9.17, 15) is 4.79 Å². The Kier molecular flexibility index (Phi) is 6.83. The molecule has 0 bridgehead atoms. The molecule has 0 saturated carbocycles. The number of hydrogen-bond acceptors (Lipinski definition) is 4. The third-order valence-electron chi connectivity index (χ3n) is 6.60. The number of benzene rings is 2. The minimum atomic E-state index is 0.0948. The number of amides is 1. The Bertz CT molecular complexity index is 1320. The maximum atomic E-state index is 13.2. The number of hydrogen-bond donors (Lipinski definition) is 0. The fourth-order valence-electron chi connectivity index (χ4n) is 4.65. The summed E-state index contributed by atoms with van der Waals surface area (Å²) in [4.78, 5) is 17.6. The van der Waals surface area contributed by atoms with Gasteiger partial charge in [-0.25, -0.2) is 4.68 Å². The van der Waals surface area contributed by atoms with Crippen LogP contribution in [-0.2, 0) is 13.1 Å². The van der Waals surface area contributed by atoms with Crippen LogP contribution in [0.1, 0.15) is 32.9 Å². The molecule has 1 fully saturated rings. The molecule has 1 saturated heterocycles. The van der Waals surface area contributed by atoms with E-state index >= 15 is 0 Å². The summed E-state index contributed by atoms with van der Waals surface area (Å²) in [6.07, 6.45) is 3.70. The van der Waals surface area contributed by atoms with Crippen LogP contribution in [0.4, 0.5) is 0 Å². The van der Waals surface area contributed by atoms with Crippen LogP contribution >= 0.6 is 15.9 Å². The van der Waals surface area contributed by atoms with Gasteiger partial charge in [0.2, 0.25) is 0 Å². The summed E-state index contributed by atoms with van der Waals surface area (Å²) >= 11 is 3.43. The molecule has 8 heteroatoms. The van der Waals surface area contributed by atoms with E-state index in [0.29, 0.717) is 6.54 Å². The Hall–Kier alpha value is -3.23. The molecule has 1 aliphatic heterocycles. The number of piperazine rings is 1. The third kappa shape index (κ3) is 5.23. The molecule has 0 spiro atoms. The van der Waals surface area contributed by atoms with Gasteiger partial charge in [0.25, 0.3) is 5.91 Å². The van der Waals surface area contributed by atoms with Crippen molar-refractivity contribution in [2.45, 2.75) is 26.9 Å². The quantitative estimate of drug-likeness (QED) is 0.368. The molecule has 180 valence electrons. The topological polar surface area (TPSA) is 59.2 Å². The first kappa shape index (κ1) is 23.5. The van der Waals surface area contributed by atoms with Crippen LogP contribution in [0.5, 0.6) is 0 Å². The molecular weight excluding hydrogens is 504 g/mol. The lowest BCUT2D eigenvalue weighted by molar-refractivity contribution is 0.0628. The number of nitrogens with zero attached hydrogens (tertiary/aromatic N) is 6. The number of para-hydroxylation sites is 1. The van der Waals surface area contributed by atoms with Crippen LogP contribution in [0, 0.1) is 13.8 Å². The van der Waals surface area contributed by atoms with Crippen molar-refractivity contribution in [3.8, 4) is 5.69 Å². The van der Waals surface area contributed by atoms with Gasteiger partial charge in [-0.05, 0) is 59.6 Å². The first-order valence-electron chi connectivity index (χ1n) is 11.9. The highest BCUT2D eigenvalue weighted by Gasteiger charge is 2.24. The lowest BCUT2D eigenvalue weighted by Crippen LogP contribution is -2.48. The summed E-state index contributed by atoms with van der Waals surface area (Å²) in [5.74, 6) is 0.0948. The van der Waals surface area contributed by atoms with E-state index in [4.69, 9.17) is 5.10 Å². The standard InChI is InChI=1S/C27H29BrN6O/c1-20-26(21(2)34(30-20)25-9-4-3-5-10-25)19-31-11-13-32(14-12-31)27(35)23-8-6-7-22(15-23)17-33-18-24(28)16-29-33/h3-10,15-16,18H,11-14,17,19H2,1-2H3. The van der Waals surface area contributed by atoms with Gasteiger partial charge in [-0.15, -0.1) is 0 Å². The van der Waals surface area contributed by atoms with Crippen molar-refractivity contribution in [1.82, 2.24) is 29.4 Å². The highest BCUT2D eigenvalue weighted by Crippen LogP contribution is 2.21. The first-order valence-corrected chi connectivity index (χ1v) is 12.7. The second kappa shape index (κ2) is 10.2. The van der Waals surface area contributed by atoms with E-state index in [0.717, 1.165) is 59.7 Å². The highest BCUT2D eigenvalue weighted by molar-refractivity contribution is 9.10. The third-order valence-corrected chi connectivity index (χ3v) is 7.01. The average Bonchev–Trinajstić information content (AvgIpc) is 3.42. The molecule has 0 unspecified atom stereocenters. The zero-order chi connectivity index (χ0) is 24.4. The summed E-state index contributed by atoms with van der Waals surface area (Å²) < 4.78 is 4.83. The summed E-state index contributed by atoms with van der Waals surface area (Å²) in [5.41, 5.74) is 6.38. The normalized spacial score (nSPS) is 14.4. The summed E-state index contributed by atoms with van der Waals surface area (Å²) in [6.45, 7) is 8.84. The molecule has 4 aromatic rings. The Morgan fingerprint density at radius 3 is 2.46 bits per heavy atom. The van der Waals surface area contributed by atoms with Gasteiger partial charge in [0.1, 0.15) is 0 Å². The van der Waals surface area contributed by atoms with Gasteiger partial charge in [-0.3, -0.25) is 14.4 Å². The second-order valence-electron chi connectivity index (χ2n) is 9.02. The first-order chi connectivity index (χ1) is 17.0. The molecule has 0 radical (unpaired) electrons. The number of halogens is 1. The van der Waals surface area contributed by atoms with Crippen molar-refractivity contribution >= 4 is 21.8 Å². The molecule has 0 atom stereocenters. The van der Waals surface area contributed by atoms with Crippen molar-refractivity contribution in [2.75, 3.05) is 26.2 Å².